The fourth-order valence-electron chi connectivity index (χ4n) is 1.51. The summed E-state index contributed by atoms with van der Waals surface area (Å²) in [5.74, 6) is 0. The monoisotopic (exact) mass is 259 g/mol. The maximum Gasteiger partial charge on any atom is 0.0524 e. The van der Waals surface area contributed by atoms with Crippen LogP contribution in [0.4, 0.5) is 0 Å². The number of aromatic amines is 1. The Morgan fingerprint density at radius 1 is 0.842 bits per heavy atom. The van der Waals surface area contributed by atoms with Crippen LogP contribution in [0.15, 0.2) is 36.9 Å². The van der Waals surface area contributed by atoms with Crippen molar-refractivity contribution in [3.8, 4) is 0 Å². The first-order valence-corrected chi connectivity index (χ1v) is 6.61. The fraction of sp³-hybridized carbons (Fsp3) is 0.500. The molecule has 19 heavy (non-hydrogen) atoms. The number of nitrogens with one attached hydrogen (secondary N) is 1. The number of pyridine rings is 1. The summed E-state index contributed by atoms with van der Waals surface area (Å²) in [5, 5.41) is 6.65. The van der Waals surface area contributed by atoms with Gasteiger partial charge in [-0.15, -0.1) is 0 Å². The van der Waals surface area contributed by atoms with Gasteiger partial charge in [0.15, 0.2) is 0 Å². The molecule has 0 saturated heterocycles. The highest BCUT2D eigenvalue weighted by Crippen LogP contribution is 2.20. The van der Waals surface area contributed by atoms with Gasteiger partial charge in [-0.05, 0) is 34.1 Å². The molecule has 0 aliphatic carbocycles. The van der Waals surface area contributed by atoms with E-state index in [0.29, 0.717) is 0 Å². The minimum atomic E-state index is 0.229. The van der Waals surface area contributed by atoms with Crippen LogP contribution in [-0.4, -0.2) is 15.2 Å². The number of rotatable bonds is 0. The topological polar surface area (TPSA) is 41.6 Å². The Labute approximate surface area is 116 Å². The summed E-state index contributed by atoms with van der Waals surface area (Å²) in [6.07, 6.45) is 7.46. The Morgan fingerprint density at radius 2 is 1.37 bits per heavy atom. The summed E-state index contributed by atoms with van der Waals surface area (Å²) in [6.45, 7) is 13.1. The van der Waals surface area contributed by atoms with Crippen LogP contribution >= 0.6 is 0 Å². The van der Waals surface area contributed by atoms with Crippen molar-refractivity contribution in [2.75, 3.05) is 0 Å². The molecule has 0 aliphatic rings. The smallest absolute Gasteiger partial charge is 0.0524 e. The Hall–Kier alpha value is -1.64. The van der Waals surface area contributed by atoms with Crippen LogP contribution in [-0.2, 0) is 10.8 Å². The normalized spacial score (nSPS) is 11.7. The lowest BCUT2D eigenvalue weighted by molar-refractivity contribution is 0.589. The van der Waals surface area contributed by atoms with Crippen LogP contribution in [0, 0.1) is 0 Å². The lowest BCUT2D eigenvalue weighted by Crippen LogP contribution is -2.10. The Kier molecular flexibility index (Phi) is 4.87. The van der Waals surface area contributed by atoms with Crippen molar-refractivity contribution in [2.45, 2.75) is 52.4 Å². The predicted octanol–water partition coefficient (Wildman–Crippen LogP) is 4.09. The third-order valence-corrected chi connectivity index (χ3v) is 2.91. The quantitative estimate of drug-likeness (QED) is 0.774. The van der Waals surface area contributed by atoms with Crippen LogP contribution in [0.2, 0.25) is 0 Å². The molecule has 2 aromatic heterocycles. The van der Waals surface area contributed by atoms with Gasteiger partial charge in [0, 0.05) is 18.6 Å². The molecule has 1 N–H and O–H groups in total. The summed E-state index contributed by atoms with van der Waals surface area (Å²) in [4.78, 5) is 3.96. The van der Waals surface area contributed by atoms with E-state index in [9.17, 15) is 0 Å². The van der Waals surface area contributed by atoms with Gasteiger partial charge in [-0.3, -0.25) is 10.1 Å². The number of hydrogen-bond acceptors (Lipinski definition) is 2. The average molecular weight is 259 g/mol. The molecule has 104 valence electrons. The summed E-state index contributed by atoms with van der Waals surface area (Å²) >= 11 is 0. The average Bonchev–Trinajstić information content (AvgIpc) is 2.83. The van der Waals surface area contributed by atoms with Crippen LogP contribution in [0.5, 0.6) is 0 Å². The second-order valence-corrected chi connectivity index (χ2v) is 6.72. The van der Waals surface area contributed by atoms with E-state index in [1.54, 1.807) is 0 Å². The fourth-order valence-corrected chi connectivity index (χ4v) is 1.51. The van der Waals surface area contributed by atoms with Crippen molar-refractivity contribution in [3.05, 3.63) is 48.0 Å². The van der Waals surface area contributed by atoms with Crippen LogP contribution < -0.4 is 0 Å². The first kappa shape index (κ1) is 15.4. The molecular formula is C16H25N3. The van der Waals surface area contributed by atoms with Gasteiger partial charge in [-0.25, -0.2) is 0 Å². The first-order chi connectivity index (χ1) is 8.71. The summed E-state index contributed by atoms with van der Waals surface area (Å²) in [6, 6.07) is 4.11. The zero-order chi connectivity index (χ0) is 14.5. The number of H-pyrrole nitrogens is 1. The summed E-state index contributed by atoms with van der Waals surface area (Å²) < 4.78 is 0. The van der Waals surface area contributed by atoms with E-state index < -0.39 is 0 Å². The lowest BCUT2D eigenvalue weighted by atomic mass is 9.88. The molecule has 0 aromatic carbocycles. The zero-order valence-electron chi connectivity index (χ0n) is 12.9. The van der Waals surface area contributed by atoms with E-state index >= 15 is 0 Å². The molecule has 0 atom stereocenters. The van der Waals surface area contributed by atoms with Crippen molar-refractivity contribution in [1.82, 2.24) is 15.2 Å². The molecule has 0 amide bonds. The summed E-state index contributed by atoms with van der Waals surface area (Å²) in [7, 11) is 0. The van der Waals surface area contributed by atoms with E-state index in [0.717, 1.165) is 0 Å². The van der Waals surface area contributed by atoms with Crippen LogP contribution in [0.1, 0.15) is 52.7 Å². The Balaban J connectivity index is 0.000000191. The molecule has 2 heterocycles. The zero-order valence-corrected chi connectivity index (χ0v) is 12.9. The number of aromatic nitrogens is 3. The van der Waals surface area contributed by atoms with Gasteiger partial charge in [0.1, 0.15) is 0 Å². The standard InChI is InChI=1S/C9H13N.C7H12N2/c1-9(2,3)8-4-6-10-7-5-8;1-7(2,3)6-4-8-9-5-6/h4-7H,1-3H3;4-5H,1-3H3,(H,8,9). The molecule has 0 spiro atoms. The van der Waals surface area contributed by atoms with E-state index in [2.05, 4.69) is 68.9 Å². The van der Waals surface area contributed by atoms with Gasteiger partial charge in [0.05, 0.1) is 6.20 Å². The van der Waals surface area contributed by atoms with E-state index in [-0.39, 0.29) is 10.8 Å². The molecule has 0 unspecified atom stereocenters. The van der Waals surface area contributed by atoms with E-state index in [1.165, 1.54) is 11.1 Å². The molecule has 0 radical (unpaired) electrons. The van der Waals surface area contributed by atoms with Crippen LogP contribution in [0.3, 0.4) is 0 Å². The van der Waals surface area contributed by atoms with Gasteiger partial charge in [-0.2, -0.15) is 5.10 Å². The molecule has 0 aliphatic heterocycles. The van der Waals surface area contributed by atoms with E-state index in [1.807, 2.05) is 24.8 Å². The lowest BCUT2D eigenvalue weighted by Gasteiger charge is -2.17. The van der Waals surface area contributed by atoms with Crippen molar-refractivity contribution in [3.63, 3.8) is 0 Å². The third kappa shape index (κ3) is 5.25. The van der Waals surface area contributed by atoms with Crippen molar-refractivity contribution < 1.29 is 0 Å². The van der Waals surface area contributed by atoms with Crippen molar-refractivity contribution >= 4 is 0 Å². The van der Waals surface area contributed by atoms with Gasteiger partial charge in [0.2, 0.25) is 0 Å². The van der Waals surface area contributed by atoms with Gasteiger partial charge in [0.25, 0.3) is 0 Å². The predicted molar refractivity (Wildman–Crippen MR) is 80.2 cm³/mol. The minimum absolute atomic E-state index is 0.229. The number of hydrogen-bond donors (Lipinski definition) is 1. The third-order valence-electron chi connectivity index (χ3n) is 2.91. The number of nitrogens with zero attached hydrogens (tertiary/aromatic N) is 2. The molecule has 0 fully saturated rings. The largest absolute Gasteiger partial charge is 0.285 e. The first-order valence-electron chi connectivity index (χ1n) is 6.61. The molecule has 0 saturated carbocycles. The Morgan fingerprint density at radius 3 is 1.63 bits per heavy atom. The molecule has 3 nitrogen and oxygen atoms in total. The molecule has 2 aromatic rings. The van der Waals surface area contributed by atoms with Gasteiger partial charge in [-0.1, -0.05) is 41.5 Å². The molecule has 0 bridgehead atoms. The molecule has 2 rings (SSSR count). The maximum atomic E-state index is 3.96. The molecule has 3 heteroatoms. The summed E-state index contributed by atoms with van der Waals surface area (Å²) in [5.41, 5.74) is 3.07. The van der Waals surface area contributed by atoms with E-state index in [4.69, 9.17) is 0 Å². The molecular weight excluding hydrogens is 234 g/mol. The highest BCUT2D eigenvalue weighted by molar-refractivity contribution is 5.18. The highest BCUT2D eigenvalue weighted by Gasteiger charge is 2.13. The van der Waals surface area contributed by atoms with Gasteiger partial charge < -0.3 is 0 Å². The second kappa shape index (κ2) is 6.00. The SMILES string of the molecule is CC(C)(C)c1ccncc1.CC(C)(C)c1cn[nH]c1. The van der Waals surface area contributed by atoms with Crippen molar-refractivity contribution in [1.29, 1.82) is 0 Å². The van der Waals surface area contributed by atoms with Gasteiger partial charge >= 0.3 is 0 Å². The second-order valence-electron chi connectivity index (χ2n) is 6.72. The Bertz CT molecular complexity index is 459. The minimum Gasteiger partial charge on any atom is -0.285 e. The highest BCUT2D eigenvalue weighted by atomic mass is 15.1. The van der Waals surface area contributed by atoms with Crippen LogP contribution in [0.25, 0.3) is 0 Å². The van der Waals surface area contributed by atoms with Crippen molar-refractivity contribution in [2.24, 2.45) is 0 Å². The maximum absolute atomic E-state index is 3.96.